The zero-order valence-electron chi connectivity index (χ0n) is 11.1. The van der Waals surface area contributed by atoms with Gasteiger partial charge in [-0.1, -0.05) is 30.3 Å². The molecule has 1 aliphatic carbocycles. The van der Waals surface area contributed by atoms with Gasteiger partial charge in [0.15, 0.2) is 5.90 Å². The number of benzene rings is 1. The molecule has 0 N–H and O–H groups in total. The minimum atomic E-state index is -0.222. The van der Waals surface area contributed by atoms with Crippen LogP contribution in [-0.2, 0) is 15.1 Å². The minimum absolute atomic E-state index is 0.0892. The summed E-state index contributed by atoms with van der Waals surface area (Å²) in [5.74, 6) is 1.14. The Morgan fingerprint density at radius 3 is 2.56 bits per heavy atom. The molecular formula is C15H19NO2. The van der Waals surface area contributed by atoms with Gasteiger partial charge in [-0.3, -0.25) is 0 Å². The molecule has 1 aromatic carbocycles. The van der Waals surface area contributed by atoms with E-state index in [1.54, 1.807) is 7.11 Å². The second-order valence-electron chi connectivity index (χ2n) is 5.77. The summed E-state index contributed by atoms with van der Waals surface area (Å²) in [7, 11) is 1.77. The number of methoxy groups -OCH3 is 1. The summed E-state index contributed by atoms with van der Waals surface area (Å²) in [5, 5.41) is 0. The van der Waals surface area contributed by atoms with Crippen molar-refractivity contribution >= 4 is 5.90 Å². The average molecular weight is 245 g/mol. The number of nitrogens with zero attached hydrogens (tertiary/aromatic N) is 1. The lowest BCUT2D eigenvalue weighted by Crippen LogP contribution is -2.18. The standard InChI is InChI=1S/C15H19NO2/c1-14(2)10-18-13(16-14)12-9-15(12,17-3)11-7-5-4-6-8-11/h4-8,12H,9-10H2,1-3H3. The summed E-state index contributed by atoms with van der Waals surface area (Å²) in [4.78, 5) is 4.67. The normalized spacial score (nSPS) is 32.8. The van der Waals surface area contributed by atoms with Crippen LogP contribution in [0.2, 0.25) is 0 Å². The first kappa shape index (κ1) is 11.7. The monoisotopic (exact) mass is 245 g/mol. The molecule has 1 aromatic rings. The van der Waals surface area contributed by atoms with Crippen LogP contribution in [0.5, 0.6) is 0 Å². The summed E-state index contributed by atoms with van der Waals surface area (Å²) in [5.41, 5.74) is 0.905. The molecule has 0 radical (unpaired) electrons. The Hall–Kier alpha value is -1.35. The lowest BCUT2D eigenvalue weighted by atomic mass is 10.1. The summed E-state index contributed by atoms with van der Waals surface area (Å²) >= 11 is 0. The lowest BCUT2D eigenvalue weighted by molar-refractivity contribution is 0.0688. The van der Waals surface area contributed by atoms with Crippen molar-refractivity contribution in [3.63, 3.8) is 0 Å². The number of rotatable bonds is 3. The van der Waals surface area contributed by atoms with Gasteiger partial charge in [0.25, 0.3) is 0 Å². The largest absolute Gasteiger partial charge is 0.478 e. The second-order valence-corrected chi connectivity index (χ2v) is 5.77. The van der Waals surface area contributed by atoms with Crippen LogP contribution in [0.4, 0.5) is 0 Å². The molecule has 1 aliphatic heterocycles. The SMILES string of the molecule is COC1(c2ccccc2)CC1C1=NC(C)(C)CO1. The van der Waals surface area contributed by atoms with E-state index in [1.165, 1.54) is 5.56 Å². The molecule has 0 spiro atoms. The molecule has 2 aliphatic rings. The smallest absolute Gasteiger partial charge is 0.190 e. The predicted octanol–water partition coefficient (Wildman–Crippen LogP) is 2.76. The molecule has 1 saturated carbocycles. The van der Waals surface area contributed by atoms with E-state index in [-0.39, 0.29) is 17.1 Å². The summed E-state index contributed by atoms with van der Waals surface area (Å²) < 4.78 is 11.5. The van der Waals surface area contributed by atoms with Crippen LogP contribution in [0.15, 0.2) is 35.3 Å². The van der Waals surface area contributed by atoms with Crippen molar-refractivity contribution in [1.29, 1.82) is 0 Å². The van der Waals surface area contributed by atoms with E-state index in [0.29, 0.717) is 6.61 Å². The summed E-state index contributed by atoms with van der Waals surface area (Å²) in [6.45, 7) is 4.87. The van der Waals surface area contributed by atoms with Gasteiger partial charge in [0.2, 0.25) is 0 Å². The van der Waals surface area contributed by atoms with E-state index in [4.69, 9.17) is 9.47 Å². The molecule has 0 bridgehead atoms. The zero-order valence-corrected chi connectivity index (χ0v) is 11.1. The number of ether oxygens (including phenoxy) is 2. The van der Waals surface area contributed by atoms with Gasteiger partial charge >= 0.3 is 0 Å². The van der Waals surface area contributed by atoms with E-state index in [9.17, 15) is 0 Å². The fourth-order valence-corrected chi connectivity index (χ4v) is 2.71. The number of aliphatic imine (C=N–C) groups is 1. The Labute approximate surface area is 108 Å². The molecule has 1 heterocycles. The maximum atomic E-state index is 5.77. The first-order valence-corrected chi connectivity index (χ1v) is 6.41. The van der Waals surface area contributed by atoms with Crippen molar-refractivity contribution in [3.8, 4) is 0 Å². The Kier molecular flexibility index (Phi) is 2.49. The van der Waals surface area contributed by atoms with Crippen molar-refractivity contribution < 1.29 is 9.47 Å². The van der Waals surface area contributed by atoms with E-state index in [0.717, 1.165) is 12.3 Å². The molecule has 1 fully saturated rings. The van der Waals surface area contributed by atoms with Crippen LogP contribution in [0.1, 0.15) is 25.8 Å². The second kappa shape index (κ2) is 3.82. The van der Waals surface area contributed by atoms with Gasteiger partial charge in [0.05, 0.1) is 11.5 Å². The van der Waals surface area contributed by atoms with Crippen molar-refractivity contribution in [2.45, 2.75) is 31.4 Å². The fraction of sp³-hybridized carbons (Fsp3) is 0.533. The highest BCUT2D eigenvalue weighted by molar-refractivity contribution is 5.85. The van der Waals surface area contributed by atoms with Gasteiger partial charge in [0.1, 0.15) is 12.2 Å². The summed E-state index contributed by atoms with van der Waals surface area (Å²) in [6, 6.07) is 10.4. The fourth-order valence-electron chi connectivity index (χ4n) is 2.71. The first-order chi connectivity index (χ1) is 8.57. The van der Waals surface area contributed by atoms with Crippen LogP contribution in [-0.4, -0.2) is 25.2 Å². The van der Waals surface area contributed by atoms with Gasteiger partial charge in [-0.15, -0.1) is 0 Å². The zero-order chi connectivity index (χ0) is 12.8. The van der Waals surface area contributed by atoms with E-state index in [1.807, 2.05) is 18.2 Å². The van der Waals surface area contributed by atoms with Crippen molar-refractivity contribution in [2.24, 2.45) is 10.9 Å². The van der Waals surface area contributed by atoms with E-state index in [2.05, 4.69) is 31.0 Å². The molecule has 18 heavy (non-hydrogen) atoms. The maximum Gasteiger partial charge on any atom is 0.190 e. The Morgan fingerprint density at radius 2 is 2.00 bits per heavy atom. The molecule has 0 saturated heterocycles. The highest BCUT2D eigenvalue weighted by Crippen LogP contribution is 2.56. The number of hydrogen-bond donors (Lipinski definition) is 0. The predicted molar refractivity (Wildman–Crippen MR) is 70.7 cm³/mol. The molecular weight excluding hydrogens is 226 g/mol. The van der Waals surface area contributed by atoms with Gasteiger partial charge in [0, 0.05) is 7.11 Å². The molecule has 3 rings (SSSR count). The minimum Gasteiger partial charge on any atom is -0.478 e. The van der Waals surface area contributed by atoms with Crippen LogP contribution in [0.3, 0.4) is 0 Å². The molecule has 96 valence electrons. The van der Waals surface area contributed by atoms with Gasteiger partial charge < -0.3 is 9.47 Å². The highest BCUT2D eigenvalue weighted by atomic mass is 16.5. The van der Waals surface area contributed by atoms with E-state index < -0.39 is 0 Å². The van der Waals surface area contributed by atoms with Crippen LogP contribution in [0, 0.1) is 5.92 Å². The Bertz CT molecular complexity index is 481. The Balaban J connectivity index is 1.87. The first-order valence-electron chi connectivity index (χ1n) is 6.41. The van der Waals surface area contributed by atoms with Crippen LogP contribution in [0.25, 0.3) is 0 Å². The average Bonchev–Trinajstić information content (AvgIpc) is 3.02. The maximum absolute atomic E-state index is 5.77. The summed E-state index contributed by atoms with van der Waals surface area (Å²) in [6.07, 6.45) is 0.961. The molecule has 0 amide bonds. The molecule has 2 unspecified atom stereocenters. The topological polar surface area (TPSA) is 30.8 Å². The third kappa shape index (κ3) is 1.74. The van der Waals surface area contributed by atoms with Crippen molar-refractivity contribution in [1.82, 2.24) is 0 Å². The lowest BCUT2D eigenvalue weighted by Gasteiger charge is -2.16. The third-order valence-electron chi connectivity index (χ3n) is 3.82. The van der Waals surface area contributed by atoms with Gasteiger partial charge in [-0.05, 0) is 25.8 Å². The van der Waals surface area contributed by atoms with Crippen molar-refractivity contribution in [3.05, 3.63) is 35.9 Å². The van der Waals surface area contributed by atoms with Gasteiger partial charge in [-0.25, -0.2) is 4.99 Å². The number of hydrogen-bond acceptors (Lipinski definition) is 3. The molecule has 0 aromatic heterocycles. The molecule has 3 heteroatoms. The highest BCUT2D eigenvalue weighted by Gasteiger charge is 2.61. The molecule has 3 nitrogen and oxygen atoms in total. The molecule has 2 atom stereocenters. The van der Waals surface area contributed by atoms with Crippen LogP contribution >= 0.6 is 0 Å². The Morgan fingerprint density at radius 1 is 1.28 bits per heavy atom. The van der Waals surface area contributed by atoms with Crippen LogP contribution < -0.4 is 0 Å². The third-order valence-corrected chi connectivity index (χ3v) is 3.82. The van der Waals surface area contributed by atoms with E-state index >= 15 is 0 Å². The quantitative estimate of drug-likeness (QED) is 0.819. The van der Waals surface area contributed by atoms with Crippen molar-refractivity contribution in [2.75, 3.05) is 13.7 Å². The van der Waals surface area contributed by atoms with Gasteiger partial charge in [-0.2, -0.15) is 0 Å².